The number of hydrogen-bond acceptors (Lipinski definition) is 5. The Kier molecular flexibility index (Phi) is 5.23. The molecule has 0 saturated carbocycles. The molecule has 26 heavy (non-hydrogen) atoms. The van der Waals surface area contributed by atoms with E-state index in [1.807, 2.05) is 48.7 Å². The fraction of sp³-hybridized carbons (Fsp3) is 0.350. The van der Waals surface area contributed by atoms with Crippen molar-refractivity contribution in [2.45, 2.75) is 39.7 Å². The van der Waals surface area contributed by atoms with E-state index in [1.165, 1.54) is 5.56 Å². The predicted octanol–water partition coefficient (Wildman–Crippen LogP) is 4.76. The van der Waals surface area contributed by atoms with E-state index in [4.69, 9.17) is 4.52 Å². The van der Waals surface area contributed by atoms with Crippen LogP contribution in [0.4, 0.5) is 0 Å². The van der Waals surface area contributed by atoms with E-state index in [0.717, 1.165) is 4.88 Å². The first-order valence-electron chi connectivity index (χ1n) is 8.64. The molecule has 0 bridgehead atoms. The lowest BCUT2D eigenvalue weighted by atomic mass is 9.86. The third-order valence-corrected chi connectivity index (χ3v) is 5.07. The van der Waals surface area contributed by atoms with Crippen LogP contribution in [0.25, 0.3) is 10.7 Å². The molecule has 6 heteroatoms. The molecular formula is C20H23N3O2S. The number of hydrogen-bond donors (Lipinski definition) is 0. The van der Waals surface area contributed by atoms with Gasteiger partial charge in [0, 0.05) is 12.1 Å². The van der Waals surface area contributed by atoms with Crippen molar-refractivity contribution >= 4 is 17.2 Å². The van der Waals surface area contributed by atoms with Gasteiger partial charge in [0.25, 0.3) is 5.91 Å². The molecule has 0 saturated heterocycles. The number of amides is 1. The minimum absolute atomic E-state index is 0.0381. The van der Waals surface area contributed by atoms with Gasteiger partial charge in [-0.25, -0.2) is 0 Å². The fourth-order valence-corrected chi connectivity index (χ4v) is 3.26. The van der Waals surface area contributed by atoms with Crippen LogP contribution in [0.2, 0.25) is 0 Å². The molecular weight excluding hydrogens is 346 g/mol. The van der Waals surface area contributed by atoms with Crippen LogP contribution in [0.5, 0.6) is 0 Å². The van der Waals surface area contributed by atoms with E-state index in [2.05, 4.69) is 30.9 Å². The van der Waals surface area contributed by atoms with Crippen LogP contribution < -0.4 is 0 Å². The zero-order valence-corrected chi connectivity index (χ0v) is 16.3. The van der Waals surface area contributed by atoms with Gasteiger partial charge in [0.1, 0.15) is 6.54 Å². The molecule has 2 heterocycles. The van der Waals surface area contributed by atoms with Gasteiger partial charge >= 0.3 is 0 Å². The maximum absolute atomic E-state index is 12.8. The molecule has 3 aromatic rings. The molecule has 0 aliphatic carbocycles. The maximum atomic E-state index is 12.8. The summed E-state index contributed by atoms with van der Waals surface area (Å²) in [5, 5.41) is 5.97. The molecule has 5 nitrogen and oxygen atoms in total. The maximum Gasteiger partial charge on any atom is 0.254 e. The fourth-order valence-electron chi connectivity index (χ4n) is 2.61. The third kappa shape index (κ3) is 4.02. The lowest BCUT2D eigenvalue weighted by molar-refractivity contribution is 0.0734. The van der Waals surface area contributed by atoms with Crippen LogP contribution in [0.15, 0.2) is 46.3 Å². The lowest BCUT2D eigenvalue weighted by Crippen LogP contribution is -2.30. The predicted molar refractivity (Wildman–Crippen MR) is 103 cm³/mol. The summed E-state index contributed by atoms with van der Waals surface area (Å²) in [6.45, 7) is 9.28. The van der Waals surface area contributed by atoms with Crippen molar-refractivity contribution in [2.24, 2.45) is 0 Å². The number of benzene rings is 1. The van der Waals surface area contributed by atoms with E-state index in [0.29, 0.717) is 30.4 Å². The number of rotatable bonds is 5. The molecule has 0 atom stereocenters. The zero-order chi connectivity index (χ0) is 18.7. The molecule has 136 valence electrons. The normalized spacial score (nSPS) is 11.5. The number of aromatic nitrogens is 2. The monoisotopic (exact) mass is 369 g/mol. The average molecular weight is 369 g/mol. The lowest BCUT2D eigenvalue weighted by Gasteiger charge is -2.21. The largest absolute Gasteiger partial charge is 0.337 e. The van der Waals surface area contributed by atoms with E-state index < -0.39 is 0 Å². The summed E-state index contributed by atoms with van der Waals surface area (Å²) in [5.41, 5.74) is 1.93. The summed E-state index contributed by atoms with van der Waals surface area (Å²) < 4.78 is 5.32. The van der Waals surface area contributed by atoms with E-state index >= 15 is 0 Å². The van der Waals surface area contributed by atoms with Crippen molar-refractivity contribution in [1.82, 2.24) is 15.0 Å². The van der Waals surface area contributed by atoms with Gasteiger partial charge in [-0.05, 0) is 41.5 Å². The highest BCUT2D eigenvalue weighted by Gasteiger charge is 2.20. The third-order valence-electron chi connectivity index (χ3n) is 4.20. The number of thiophene rings is 1. The minimum Gasteiger partial charge on any atom is -0.337 e. The Labute approximate surface area is 157 Å². The smallest absolute Gasteiger partial charge is 0.254 e. The van der Waals surface area contributed by atoms with Crippen molar-refractivity contribution in [3.05, 3.63) is 58.8 Å². The Morgan fingerprint density at radius 1 is 1.19 bits per heavy atom. The Hall–Kier alpha value is -2.47. The SMILES string of the molecule is CCN(Cc1nc(-c2cccs2)no1)C(=O)c1ccc(C(C)(C)C)cc1. The van der Waals surface area contributed by atoms with Gasteiger partial charge in [-0.2, -0.15) is 4.98 Å². The Balaban J connectivity index is 1.73. The van der Waals surface area contributed by atoms with Crippen LogP contribution in [0.1, 0.15) is 49.5 Å². The summed E-state index contributed by atoms with van der Waals surface area (Å²) in [7, 11) is 0. The quantitative estimate of drug-likeness (QED) is 0.651. The van der Waals surface area contributed by atoms with Gasteiger partial charge in [0.05, 0.1) is 4.88 Å². The average Bonchev–Trinajstić information content (AvgIpc) is 3.30. The zero-order valence-electron chi connectivity index (χ0n) is 15.5. The molecule has 1 aromatic carbocycles. The Morgan fingerprint density at radius 2 is 1.92 bits per heavy atom. The molecule has 3 rings (SSSR count). The first-order chi connectivity index (χ1) is 12.4. The molecule has 0 aliphatic heterocycles. The molecule has 0 fully saturated rings. The van der Waals surface area contributed by atoms with Crippen LogP contribution in [-0.4, -0.2) is 27.5 Å². The van der Waals surface area contributed by atoms with Crippen LogP contribution in [0.3, 0.4) is 0 Å². The number of nitrogens with zero attached hydrogens (tertiary/aromatic N) is 3. The van der Waals surface area contributed by atoms with Gasteiger partial charge in [0.2, 0.25) is 11.7 Å². The van der Waals surface area contributed by atoms with E-state index in [1.54, 1.807) is 16.2 Å². The second-order valence-corrected chi connectivity index (χ2v) is 8.08. The molecule has 0 aliphatic rings. The van der Waals surface area contributed by atoms with Gasteiger partial charge in [-0.15, -0.1) is 11.3 Å². The highest BCUT2D eigenvalue weighted by atomic mass is 32.1. The van der Waals surface area contributed by atoms with Crippen molar-refractivity contribution < 1.29 is 9.32 Å². The first kappa shape index (κ1) is 18.3. The number of carbonyl (C=O) groups is 1. The first-order valence-corrected chi connectivity index (χ1v) is 9.52. The van der Waals surface area contributed by atoms with Crippen molar-refractivity contribution in [1.29, 1.82) is 0 Å². The molecule has 0 radical (unpaired) electrons. The second-order valence-electron chi connectivity index (χ2n) is 7.14. The molecule has 0 N–H and O–H groups in total. The summed E-state index contributed by atoms with van der Waals surface area (Å²) >= 11 is 1.55. The van der Waals surface area contributed by atoms with Crippen molar-refractivity contribution in [2.75, 3.05) is 6.54 Å². The Bertz CT molecular complexity index is 861. The van der Waals surface area contributed by atoms with Gasteiger partial charge in [0.15, 0.2) is 0 Å². The minimum atomic E-state index is -0.0381. The topological polar surface area (TPSA) is 59.2 Å². The van der Waals surface area contributed by atoms with Gasteiger partial charge < -0.3 is 9.42 Å². The van der Waals surface area contributed by atoms with E-state index in [-0.39, 0.29) is 11.3 Å². The van der Waals surface area contributed by atoms with Gasteiger partial charge in [-0.1, -0.05) is 44.1 Å². The summed E-state index contributed by atoms with van der Waals surface area (Å²) in [6, 6.07) is 11.7. The summed E-state index contributed by atoms with van der Waals surface area (Å²) in [4.78, 5) is 19.9. The molecule has 1 amide bonds. The highest BCUT2D eigenvalue weighted by molar-refractivity contribution is 7.13. The van der Waals surface area contributed by atoms with Crippen molar-refractivity contribution in [3.63, 3.8) is 0 Å². The molecule has 2 aromatic heterocycles. The molecule has 0 spiro atoms. The van der Waals surface area contributed by atoms with Crippen LogP contribution in [-0.2, 0) is 12.0 Å². The highest BCUT2D eigenvalue weighted by Crippen LogP contribution is 2.23. The number of carbonyl (C=O) groups excluding carboxylic acids is 1. The van der Waals surface area contributed by atoms with Crippen molar-refractivity contribution in [3.8, 4) is 10.7 Å². The summed E-state index contributed by atoms with van der Waals surface area (Å²) in [5.74, 6) is 0.965. The summed E-state index contributed by atoms with van der Waals surface area (Å²) in [6.07, 6.45) is 0. The second kappa shape index (κ2) is 7.41. The van der Waals surface area contributed by atoms with Gasteiger partial charge in [-0.3, -0.25) is 4.79 Å². The van der Waals surface area contributed by atoms with E-state index in [9.17, 15) is 4.79 Å². The standard InChI is InChI=1S/C20H23N3O2S/c1-5-23(13-17-21-18(22-25-17)16-7-6-12-26-16)19(24)14-8-10-15(11-9-14)20(2,3)4/h6-12H,5,13H2,1-4H3. The Morgan fingerprint density at radius 3 is 2.50 bits per heavy atom. The molecule has 0 unspecified atom stereocenters. The van der Waals surface area contributed by atoms with Crippen LogP contribution >= 0.6 is 11.3 Å². The van der Waals surface area contributed by atoms with Crippen LogP contribution in [0, 0.1) is 0 Å².